The zero-order valence-electron chi connectivity index (χ0n) is 8.90. The second-order valence-electron chi connectivity index (χ2n) is 3.85. The standard InChI is InChI=1S/C11H12N2O3/c1-12-11(14)10-4-2-7-6-8(13(15)16)3-5-9(7)10/h3,5-6,10H,2,4H2,1H3,(H,12,14). The van der Waals surface area contributed by atoms with Crippen LogP contribution in [0.3, 0.4) is 0 Å². The van der Waals surface area contributed by atoms with Gasteiger partial charge in [-0.2, -0.15) is 0 Å². The molecule has 1 amide bonds. The van der Waals surface area contributed by atoms with E-state index in [4.69, 9.17) is 0 Å². The largest absolute Gasteiger partial charge is 0.359 e. The van der Waals surface area contributed by atoms with Crippen molar-refractivity contribution >= 4 is 11.6 Å². The molecule has 0 heterocycles. The van der Waals surface area contributed by atoms with E-state index in [0.29, 0.717) is 0 Å². The van der Waals surface area contributed by atoms with Crippen LogP contribution < -0.4 is 5.32 Å². The molecule has 5 nitrogen and oxygen atoms in total. The highest BCUT2D eigenvalue weighted by atomic mass is 16.6. The van der Waals surface area contributed by atoms with Gasteiger partial charge < -0.3 is 5.32 Å². The second kappa shape index (κ2) is 3.92. The van der Waals surface area contributed by atoms with Crippen molar-refractivity contribution in [3.63, 3.8) is 0 Å². The summed E-state index contributed by atoms with van der Waals surface area (Å²) in [5.74, 6) is -0.173. The summed E-state index contributed by atoms with van der Waals surface area (Å²) in [6.45, 7) is 0. The number of nitro benzene ring substituents is 1. The molecule has 16 heavy (non-hydrogen) atoms. The summed E-state index contributed by atoms with van der Waals surface area (Å²) in [7, 11) is 1.60. The fraction of sp³-hybridized carbons (Fsp3) is 0.364. The van der Waals surface area contributed by atoms with Gasteiger partial charge in [-0.3, -0.25) is 14.9 Å². The lowest BCUT2D eigenvalue weighted by Crippen LogP contribution is -2.24. The minimum absolute atomic E-state index is 0.0207. The number of hydrogen-bond donors (Lipinski definition) is 1. The van der Waals surface area contributed by atoms with Gasteiger partial charge in [0.15, 0.2) is 0 Å². The van der Waals surface area contributed by atoms with Gasteiger partial charge in [0, 0.05) is 19.2 Å². The van der Waals surface area contributed by atoms with Gasteiger partial charge in [-0.25, -0.2) is 0 Å². The first-order valence-corrected chi connectivity index (χ1v) is 5.12. The summed E-state index contributed by atoms with van der Waals surface area (Å²) in [6, 6.07) is 4.72. The van der Waals surface area contributed by atoms with E-state index in [1.165, 1.54) is 6.07 Å². The molecule has 0 spiro atoms. The number of non-ortho nitro benzene ring substituents is 1. The van der Waals surface area contributed by atoms with Crippen LogP contribution in [0.25, 0.3) is 0 Å². The van der Waals surface area contributed by atoms with Crippen molar-refractivity contribution in [1.82, 2.24) is 5.32 Å². The van der Waals surface area contributed by atoms with Crippen LogP contribution in [-0.2, 0) is 11.2 Å². The molecular weight excluding hydrogens is 208 g/mol. The Hall–Kier alpha value is -1.91. The van der Waals surface area contributed by atoms with E-state index in [1.807, 2.05) is 0 Å². The summed E-state index contributed by atoms with van der Waals surface area (Å²) < 4.78 is 0. The molecular formula is C11H12N2O3. The molecule has 0 radical (unpaired) electrons. The van der Waals surface area contributed by atoms with E-state index >= 15 is 0 Å². The Morgan fingerprint density at radius 2 is 2.31 bits per heavy atom. The van der Waals surface area contributed by atoms with E-state index in [2.05, 4.69) is 5.32 Å². The molecule has 0 aromatic heterocycles. The maximum Gasteiger partial charge on any atom is 0.269 e. The van der Waals surface area contributed by atoms with Crippen molar-refractivity contribution in [2.45, 2.75) is 18.8 Å². The first-order chi connectivity index (χ1) is 7.63. The molecule has 1 aliphatic rings. The highest BCUT2D eigenvalue weighted by Gasteiger charge is 2.28. The minimum atomic E-state index is -0.409. The molecule has 1 unspecified atom stereocenters. The maximum absolute atomic E-state index is 11.6. The van der Waals surface area contributed by atoms with E-state index in [-0.39, 0.29) is 17.5 Å². The predicted octanol–water partition coefficient (Wildman–Crippen LogP) is 1.37. The number of benzene rings is 1. The average molecular weight is 220 g/mol. The van der Waals surface area contributed by atoms with Crippen molar-refractivity contribution < 1.29 is 9.72 Å². The molecule has 1 N–H and O–H groups in total. The van der Waals surface area contributed by atoms with Crippen LogP contribution in [-0.4, -0.2) is 17.9 Å². The number of amides is 1. The van der Waals surface area contributed by atoms with Crippen molar-refractivity contribution in [1.29, 1.82) is 0 Å². The van der Waals surface area contributed by atoms with E-state index in [0.717, 1.165) is 24.0 Å². The Kier molecular flexibility index (Phi) is 2.60. The molecule has 1 aromatic carbocycles. The van der Waals surface area contributed by atoms with Crippen LogP contribution >= 0.6 is 0 Å². The fourth-order valence-electron chi connectivity index (χ4n) is 2.16. The molecule has 0 aliphatic heterocycles. The van der Waals surface area contributed by atoms with E-state index in [9.17, 15) is 14.9 Å². The lowest BCUT2D eigenvalue weighted by Gasteiger charge is -2.08. The number of rotatable bonds is 2. The molecule has 1 aromatic rings. The average Bonchev–Trinajstić information content (AvgIpc) is 2.70. The molecule has 1 aliphatic carbocycles. The zero-order valence-corrected chi connectivity index (χ0v) is 8.90. The number of nitrogens with one attached hydrogen (secondary N) is 1. The summed E-state index contributed by atoms with van der Waals surface area (Å²) in [4.78, 5) is 21.7. The monoisotopic (exact) mass is 220 g/mol. The highest BCUT2D eigenvalue weighted by molar-refractivity contribution is 5.84. The first kappa shape index (κ1) is 10.6. The van der Waals surface area contributed by atoms with Gasteiger partial charge in [-0.05, 0) is 24.0 Å². The topological polar surface area (TPSA) is 72.2 Å². The third-order valence-electron chi connectivity index (χ3n) is 2.98. The van der Waals surface area contributed by atoms with Gasteiger partial charge in [-0.15, -0.1) is 0 Å². The number of hydrogen-bond acceptors (Lipinski definition) is 3. The quantitative estimate of drug-likeness (QED) is 0.604. The Labute approximate surface area is 92.6 Å². The molecule has 5 heteroatoms. The summed E-state index contributed by atoms with van der Waals surface area (Å²) in [6.07, 6.45) is 1.46. The van der Waals surface area contributed by atoms with Crippen LogP contribution in [0.5, 0.6) is 0 Å². The van der Waals surface area contributed by atoms with Crippen LogP contribution in [0.15, 0.2) is 18.2 Å². The van der Waals surface area contributed by atoms with Gasteiger partial charge in [0.2, 0.25) is 5.91 Å². The van der Waals surface area contributed by atoms with Crippen molar-refractivity contribution in [3.05, 3.63) is 39.4 Å². The van der Waals surface area contributed by atoms with Gasteiger partial charge in [0.05, 0.1) is 10.8 Å². The number of nitro groups is 1. The third-order valence-corrected chi connectivity index (χ3v) is 2.98. The van der Waals surface area contributed by atoms with Crippen molar-refractivity contribution in [3.8, 4) is 0 Å². The van der Waals surface area contributed by atoms with E-state index < -0.39 is 4.92 Å². The van der Waals surface area contributed by atoms with Crippen LogP contribution in [0.4, 0.5) is 5.69 Å². The lowest BCUT2D eigenvalue weighted by molar-refractivity contribution is -0.384. The van der Waals surface area contributed by atoms with Gasteiger partial charge >= 0.3 is 0 Å². The molecule has 1 atom stereocenters. The highest BCUT2D eigenvalue weighted by Crippen LogP contribution is 2.35. The minimum Gasteiger partial charge on any atom is -0.359 e. The third kappa shape index (κ3) is 1.64. The van der Waals surface area contributed by atoms with Crippen LogP contribution in [0.1, 0.15) is 23.5 Å². The molecule has 2 rings (SSSR count). The fourth-order valence-corrected chi connectivity index (χ4v) is 2.16. The smallest absolute Gasteiger partial charge is 0.269 e. The van der Waals surface area contributed by atoms with Gasteiger partial charge in [0.25, 0.3) is 5.69 Å². The number of fused-ring (bicyclic) bond motifs is 1. The molecule has 0 saturated carbocycles. The normalized spacial score (nSPS) is 17.9. The van der Waals surface area contributed by atoms with Gasteiger partial charge in [-0.1, -0.05) is 6.07 Å². The van der Waals surface area contributed by atoms with Crippen LogP contribution in [0, 0.1) is 10.1 Å². The SMILES string of the molecule is CNC(=O)C1CCc2cc([N+](=O)[O-])ccc21. The summed E-state index contributed by atoms with van der Waals surface area (Å²) in [5.41, 5.74) is 1.93. The number of likely N-dealkylation sites (N-methyl/N-ethyl adjacent to an activating group) is 1. The number of nitrogens with zero attached hydrogens (tertiary/aromatic N) is 1. The zero-order chi connectivity index (χ0) is 11.7. The molecule has 0 saturated heterocycles. The second-order valence-corrected chi connectivity index (χ2v) is 3.85. The number of aryl methyl sites for hydroxylation is 1. The Morgan fingerprint density at radius 3 is 2.94 bits per heavy atom. The number of carbonyl (C=O) groups excluding carboxylic acids is 1. The maximum atomic E-state index is 11.6. The van der Waals surface area contributed by atoms with Gasteiger partial charge in [0.1, 0.15) is 0 Å². The van der Waals surface area contributed by atoms with Crippen molar-refractivity contribution in [2.24, 2.45) is 0 Å². The molecule has 84 valence electrons. The predicted molar refractivity (Wildman–Crippen MR) is 58.2 cm³/mol. The van der Waals surface area contributed by atoms with E-state index in [1.54, 1.807) is 19.2 Å². The Morgan fingerprint density at radius 1 is 1.56 bits per heavy atom. The first-order valence-electron chi connectivity index (χ1n) is 5.12. The summed E-state index contributed by atoms with van der Waals surface area (Å²) in [5, 5.41) is 13.2. The van der Waals surface area contributed by atoms with Crippen molar-refractivity contribution in [2.75, 3.05) is 7.05 Å². The molecule has 0 bridgehead atoms. The Balaban J connectivity index is 2.36. The van der Waals surface area contributed by atoms with Crippen LogP contribution in [0.2, 0.25) is 0 Å². The summed E-state index contributed by atoms with van der Waals surface area (Å²) >= 11 is 0. The Bertz CT molecular complexity index is 457. The number of carbonyl (C=O) groups is 1. The lowest BCUT2D eigenvalue weighted by atomic mass is 10.0. The molecule has 0 fully saturated rings.